The van der Waals surface area contributed by atoms with Crippen LogP contribution in [0.1, 0.15) is 194 Å². The van der Waals surface area contributed by atoms with Crippen LogP contribution in [0.2, 0.25) is 0 Å². The molecule has 0 aliphatic rings. The molecule has 244 valence electrons. The van der Waals surface area contributed by atoms with Crippen LogP contribution >= 0.6 is 0 Å². The molecule has 0 amide bonds. The molecule has 42 heavy (non-hydrogen) atoms. The van der Waals surface area contributed by atoms with E-state index >= 15 is 0 Å². The zero-order valence-corrected chi connectivity index (χ0v) is 27.4. The number of unbranched alkanes of at least 4 members (excludes halogenated alkanes) is 24. The van der Waals surface area contributed by atoms with Gasteiger partial charge in [0.25, 0.3) is 0 Å². The highest BCUT2D eigenvalue weighted by Gasteiger charge is 2.11. The summed E-state index contributed by atoms with van der Waals surface area (Å²) in [6.45, 7) is 4.49. The largest absolute Gasteiger partial charge is 0.390 e. The molecule has 0 unspecified atom stereocenters. The summed E-state index contributed by atoms with van der Waals surface area (Å²) >= 11 is 0. The van der Waals surface area contributed by atoms with Crippen LogP contribution in [0, 0.1) is 0 Å². The summed E-state index contributed by atoms with van der Waals surface area (Å²) in [4.78, 5) is 47.2. The Morgan fingerprint density at radius 3 is 0.810 bits per heavy atom. The van der Waals surface area contributed by atoms with Crippen LogP contribution in [0.25, 0.3) is 0 Å². The highest BCUT2D eigenvalue weighted by atomic mass is 16.6. The summed E-state index contributed by atoms with van der Waals surface area (Å²) in [5.74, 6) is -3.04. The quantitative estimate of drug-likeness (QED) is 0.0357. The average molecular weight is 593 g/mol. The van der Waals surface area contributed by atoms with Crippen molar-refractivity contribution in [2.24, 2.45) is 0 Å². The van der Waals surface area contributed by atoms with E-state index in [1.807, 2.05) is 0 Å². The number of carbonyl (C=O) groups is 4. The molecule has 0 spiro atoms. The van der Waals surface area contributed by atoms with E-state index in [0.29, 0.717) is 12.8 Å². The van der Waals surface area contributed by atoms with Gasteiger partial charge in [-0.15, -0.1) is 0 Å². The van der Waals surface area contributed by atoms with Crippen LogP contribution in [0.3, 0.4) is 0 Å². The van der Waals surface area contributed by atoms with Crippen molar-refractivity contribution in [3.05, 3.63) is 12.2 Å². The van der Waals surface area contributed by atoms with E-state index < -0.39 is 23.9 Å². The Bertz CT molecular complexity index is 641. The van der Waals surface area contributed by atoms with Gasteiger partial charge in [-0.1, -0.05) is 168 Å². The van der Waals surface area contributed by atoms with Gasteiger partial charge in [0.2, 0.25) is 0 Å². The fourth-order valence-corrected chi connectivity index (χ4v) is 5.10. The van der Waals surface area contributed by atoms with Crippen molar-refractivity contribution in [1.29, 1.82) is 0 Å². The van der Waals surface area contributed by atoms with Gasteiger partial charge in [-0.3, -0.25) is 9.59 Å². The van der Waals surface area contributed by atoms with Gasteiger partial charge in [0.1, 0.15) is 0 Å². The van der Waals surface area contributed by atoms with Crippen LogP contribution in [-0.2, 0) is 28.7 Å². The lowest BCUT2D eigenvalue weighted by Gasteiger charge is -2.03. The molecule has 0 aliphatic heterocycles. The Balaban J connectivity index is 3.61. The molecular formula is C36H64O6. The summed E-state index contributed by atoms with van der Waals surface area (Å²) in [7, 11) is 0. The number of hydrogen-bond acceptors (Lipinski definition) is 6. The minimum absolute atomic E-state index is 0.180. The summed E-state index contributed by atoms with van der Waals surface area (Å²) < 4.78 is 9.42. The highest BCUT2D eigenvalue weighted by molar-refractivity contribution is 5.98. The van der Waals surface area contributed by atoms with E-state index in [1.54, 1.807) is 0 Å². The van der Waals surface area contributed by atoms with Crippen molar-refractivity contribution in [2.75, 3.05) is 0 Å². The van der Waals surface area contributed by atoms with Gasteiger partial charge in [0, 0.05) is 25.0 Å². The smallest absolute Gasteiger partial charge is 0.338 e. The topological polar surface area (TPSA) is 86.7 Å². The Kier molecular flexibility index (Phi) is 30.4. The first-order valence-corrected chi connectivity index (χ1v) is 17.7. The number of carbonyl (C=O) groups excluding carboxylic acids is 4. The maximum absolute atomic E-state index is 11.8. The Morgan fingerprint density at radius 1 is 0.357 bits per heavy atom. The van der Waals surface area contributed by atoms with Crippen molar-refractivity contribution in [2.45, 2.75) is 194 Å². The standard InChI is InChI=1S/C36H64O6/c1-3-5-7-9-11-13-15-17-19-21-23-25-27-29-33(37)41-35(39)31-32-36(40)42-34(38)30-28-26-24-22-20-18-16-14-12-10-8-6-4-2/h31-32H,3-30H2,1-2H3/b32-31-. The molecule has 6 nitrogen and oxygen atoms in total. The van der Waals surface area contributed by atoms with Crippen LogP contribution in [0.5, 0.6) is 0 Å². The summed E-state index contributed by atoms with van der Waals surface area (Å²) in [5, 5.41) is 0. The Morgan fingerprint density at radius 2 is 0.571 bits per heavy atom. The number of hydrogen-bond donors (Lipinski definition) is 0. The molecule has 0 fully saturated rings. The van der Waals surface area contributed by atoms with Crippen LogP contribution < -0.4 is 0 Å². The molecule has 0 saturated carbocycles. The predicted molar refractivity (Wildman–Crippen MR) is 172 cm³/mol. The summed E-state index contributed by atoms with van der Waals surface area (Å²) in [5.41, 5.74) is 0. The first kappa shape index (κ1) is 40.0. The van der Waals surface area contributed by atoms with Gasteiger partial charge in [0.05, 0.1) is 0 Å². The van der Waals surface area contributed by atoms with Crippen LogP contribution in [-0.4, -0.2) is 23.9 Å². The molecule has 0 bridgehead atoms. The first-order chi connectivity index (χ1) is 20.5. The van der Waals surface area contributed by atoms with E-state index in [4.69, 9.17) is 9.47 Å². The molecular weight excluding hydrogens is 528 g/mol. The van der Waals surface area contributed by atoms with Crippen molar-refractivity contribution >= 4 is 23.9 Å². The van der Waals surface area contributed by atoms with Gasteiger partial charge in [-0.25, -0.2) is 9.59 Å². The second-order valence-electron chi connectivity index (χ2n) is 11.9. The number of ether oxygens (including phenoxy) is 2. The van der Waals surface area contributed by atoms with E-state index in [2.05, 4.69) is 13.8 Å². The lowest BCUT2D eigenvalue weighted by atomic mass is 10.0. The Labute approximate surface area is 258 Å². The third-order valence-corrected chi connectivity index (χ3v) is 7.75. The molecule has 0 aromatic rings. The number of esters is 4. The van der Waals surface area contributed by atoms with Crippen molar-refractivity contribution in [1.82, 2.24) is 0 Å². The highest BCUT2D eigenvalue weighted by Crippen LogP contribution is 2.14. The SMILES string of the molecule is CCCCCCCCCCCCCCCC(=O)OC(=O)/C=C\C(=O)OC(=O)CCCCCCCCCCCCCCC. The van der Waals surface area contributed by atoms with Crippen molar-refractivity contribution in [3.63, 3.8) is 0 Å². The third-order valence-electron chi connectivity index (χ3n) is 7.75. The van der Waals surface area contributed by atoms with Crippen molar-refractivity contribution in [3.8, 4) is 0 Å². The molecule has 0 aliphatic carbocycles. The fraction of sp³-hybridized carbons (Fsp3) is 0.833. The molecule has 0 aromatic heterocycles. The zero-order valence-electron chi connectivity index (χ0n) is 27.4. The zero-order chi connectivity index (χ0) is 30.9. The molecule has 0 rings (SSSR count). The lowest BCUT2D eigenvalue weighted by molar-refractivity contribution is -0.159. The monoisotopic (exact) mass is 592 g/mol. The van der Waals surface area contributed by atoms with Crippen LogP contribution in [0.15, 0.2) is 12.2 Å². The number of rotatable bonds is 30. The normalized spacial score (nSPS) is 11.2. The van der Waals surface area contributed by atoms with Crippen LogP contribution in [0.4, 0.5) is 0 Å². The summed E-state index contributed by atoms with van der Waals surface area (Å²) in [6.07, 6.45) is 33.6. The predicted octanol–water partition coefficient (Wildman–Crippen LogP) is 10.6. The maximum atomic E-state index is 11.8. The van der Waals surface area contributed by atoms with Crippen molar-refractivity contribution < 1.29 is 28.7 Å². The minimum atomic E-state index is -0.921. The van der Waals surface area contributed by atoms with Gasteiger partial charge in [0.15, 0.2) is 0 Å². The van der Waals surface area contributed by atoms with Gasteiger partial charge < -0.3 is 9.47 Å². The lowest BCUT2D eigenvalue weighted by Crippen LogP contribution is -2.12. The van der Waals surface area contributed by atoms with E-state index in [9.17, 15) is 19.2 Å². The van der Waals surface area contributed by atoms with E-state index in [0.717, 1.165) is 37.8 Å². The van der Waals surface area contributed by atoms with E-state index in [-0.39, 0.29) is 12.8 Å². The van der Waals surface area contributed by atoms with Gasteiger partial charge in [-0.2, -0.15) is 0 Å². The Hall–Kier alpha value is -1.98. The molecule has 0 aromatic carbocycles. The molecule has 6 heteroatoms. The molecule has 0 N–H and O–H groups in total. The molecule has 0 saturated heterocycles. The molecule has 0 radical (unpaired) electrons. The first-order valence-electron chi connectivity index (χ1n) is 17.7. The van der Waals surface area contributed by atoms with Gasteiger partial charge >= 0.3 is 23.9 Å². The average Bonchev–Trinajstić information content (AvgIpc) is 2.96. The van der Waals surface area contributed by atoms with Gasteiger partial charge in [-0.05, 0) is 12.8 Å². The summed E-state index contributed by atoms with van der Waals surface area (Å²) in [6, 6.07) is 0. The maximum Gasteiger partial charge on any atom is 0.338 e. The van der Waals surface area contributed by atoms with E-state index in [1.165, 1.54) is 128 Å². The second kappa shape index (κ2) is 31.9. The fourth-order valence-electron chi connectivity index (χ4n) is 5.10. The second-order valence-corrected chi connectivity index (χ2v) is 11.9. The third kappa shape index (κ3) is 31.0. The molecule has 0 atom stereocenters. The molecule has 0 heterocycles. The minimum Gasteiger partial charge on any atom is -0.390 e.